The van der Waals surface area contributed by atoms with Crippen molar-refractivity contribution in [1.29, 1.82) is 0 Å². The van der Waals surface area contributed by atoms with Crippen molar-refractivity contribution in [3.8, 4) is 23.0 Å². The average Bonchev–Trinajstić information content (AvgIpc) is 3.31. The lowest BCUT2D eigenvalue weighted by molar-refractivity contribution is 0.293. The lowest BCUT2D eigenvalue weighted by Gasteiger charge is -2.36. The number of rotatable bonds is 7. The summed E-state index contributed by atoms with van der Waals surface area (Å²) in [5.74, 6) is 2.03. The number of fused-ring (bicyclic) bond motifs is 1. The molecule has 3 aromatic rings. The minimum absolute atomic E-state index is 0.221. The molecule has 4 rings (SSSR count). The Hall–Kier alpha value is -3.17. The molecule has 0 spiro atoms. The van der Waals surface area contributed by atoms with Crippen LogP contribution in [0.15, 0.2) is 53.6 Å². The van der Waals surface area contributed by atoms with E-state index in [4.69, 9.17) is 18.9 Å². The van der Waals surface area contributed by atoms with Crippen LogP contribution in [0, 0.1) is 6.92 Å². The first-order valence-electron chi connectivity index (χ1n) is 10.5. The van der Waals surface area contributed by atoms with Gasteiger partial charge in [0.25, 0.3) is 0 Å². The standard InChI is InChI=1S/C24H28N2O6S/c1-16-13-18(8-9-20(16)29-2)33(27,28)26-12-11-25-10-6-7-19(25)23(26)17-14-21(30-3)24(32-5)22(15-17)31-4/h6-10,13-15,23H,11-12H2,1-5H3. The fraction of sp³-hybridized carbons (Fsp3) is 0.333. The molecule has 0 amide bonds. The van der Waals surface area contributed by atoms with Gasteiger partial charge in [-0.1, -0.05) is 0 Å². The molecular weight excluding hydrogens is 444 g/mol. The van der Waals surface area contributed by atoms with Crippen molar-refractivity contribution in [2.75, 3.05) is 35.0 Å². The van der Waals surface area contributed by atoms with E-state index >= 15 is 0 Å². The van der Waals surface area contributed by atoms with Gasteiger partial charge in [-0.15, -0.1) is 0 Å². The van der Waals surface area contributed by atoms with Crippen LogP contribution in [0.1, 0.15) is 22.9 Å². The monoisotopic (exact) mass is 472 g/mol. The van der Waals surface area contributed by atoms with Crippen molar-refractivity contribution >= 4 is 10.0 Å². The first-order chi connectivity index (χ1) is 15.8. The van der Waals surface area contributed by atoms with Crippen molar-refractivity contribution in [3.05, 3.63) is 65.5 Å². The molecule has 0 aliphatic carbocycles. The zero-order chi connectivity index (χ0) is 23.8. The van der Waals surface area contributed by atoms with Crippen LogP contribution in [0.5, 0.6) is 23.0 Å². The van der Waals surface area contributed by atoms with Crippen molar-refractivity contribution in [1.82, 2.24) is 8.87 Å². The first kappa shape index (κ1) is 23.0. The van der Waals surface area contributed by atoms with Gasteiger partial charge >= 0.3 is 0 Å². The number of hydrogen-bond donors (Lipinski definition) is 0. The van der Waals surface area contributed by atoms with Gasteiger partial charge in [0.1, 0.15) is 5.75 Å². The lowest BCUT2D eigenvalue weighted by Crippen LogP contribution is -2.42. The van der Waals surface area contributed by atoms with E-state index in [0.29, 0.717) is 36.1 Å². The molecule has 0 radical (unpaired) electrons. The van der Waals surface area contributed by atoms with Gasteiger partial charge in [0.05, 0.1) is 39.4 Å². The summed E-state index contributed by atoms with van der Waals surface area (Å²) < 4.78 is 53.2. The second-order valence-corrected chi connectivity index (χ2v) is 9.63. The van der Waals surface area contributed by atoms with Gasteiger partial charge in [-0.25, -0.2) is 8.42 Å². The number of ether oxygens (including phenoxy) is 4. The number of hydrogen-bond acceptors (Lipinski definition) is 6. The fourth-order valence-corrected chi connectivity index (χ4v) is 6.03. The number of aromatic nitrogens is 1. The molecule has 0 saturated heterocycles. The van der Waals surface area contributed by atoms with Crippen LogP contribution in [0.25, 0.3) is 0 Å². The molecule has 1 aliphatic rings. The van der Waals surface area contributed by atoms with E-state index < -0.39 is 16.1 Å². The predicted molar refractivity (Wildman–Crippen MR) is 124 cm³/mol. The molecule has 33 heavy (non-hydrogen) atoms. The van der Waals surface area contributed by atoms with E-state index in [-0.39, 0.29) is 4.90 Å². The second kappa shape index (κ2) is 8.99. The molecule has 8 nitrogen and oxygen atoms in total. The molecule has 0 fully saturated rings. The Bertz CT molecular complexity index is 1240. The van der Waals surface area contributed by atoms with Gasteiger partial charge in [-0.2, -0.15) is 4.31 Å². The van der Waals surface area contributed by atoms with Crippen LogP contribution in [0.3, 0.4) is 0 Å². The van der Waals surface area contributed by atoms with E-state index in [1.54, 1.807) is 51.7 Å². The van der Waals surface area contributed by atoms with Crippen LogP contribution in [0.4, 0.5) is 0 Å². The molecule has 9 heteroatoms. The highest BCUT2D eigenvalue weighted by Crippen LogP contribution is 2.44. The third-order valence-electron chi connectivity index (χ3n) is 5.97. The minimum Gasteiger partial charge on any atom is -0.496 e. The Labute approximate surface area is 194 Å². The summed E-state index contributed by atoms with van der Waals surface area (Å²) in [5, 5.41) is 0. The maximum atomic E-state index is 13.9. The number of aryl methyl sites for hydroxylation is 1. The van der Waals surface area contributed by atoms with Gasteiger partial charge in [-0.3, -0.25) is 0 Å². The van der Waals surface area contributed by atoms with Crippen molar-refractivity contribution in [3.63, 3.8) is 0 Å². The maximum Gasteiger partial charge on any atom is 0.244 e. The van der Waals surface area contributed by atoms with E-state index in [1.807, 2.05) is 25.3 Å². The van der Waals surface area contributed by atoms with Crippen LogP contribution < -0.4 is 18.9 Å². The summed E-state index contributed by atoms with van der Waals surface area (Å²) >= 11 is 0. The molecule has 1 aromatic heterocycles. The molecule has 0 saturated carbocycles. The lowest BCUT2D eigenvalue weighted by atomic mass is 10.0. The Morgan fingerprint density at radius 3 is 2.09 bits per heavy atom. The summed E-state index contributed by atoms with van der Waals surface area (Å²) in [7, 11) is 2.35. The smallest absolute Gasteiger partial charge is 0.244 e. The fourth-order valence-electron chi connectivity index (χ4n) is 4.36. The zero-order valence-electron chi connectivity index (χ0n) is 19.4. The molecule has 2 aromatic carbocycles. The summed E-state index contributed by atoms with van der Waals surface area (Å²) in [6, 6.07) is 11.8. The summed E-state index contributed by atoms with van der Waals surface area (Å²) in [6.07, 6.45) is 1.96. The summed E-state index contributed by atoms with van der Waals surface area (Å²) in [5.41, 5.74) is 2.34. The number of methoxy groups -OCH3 is 4. The molecule has 2 heterocycles. The Morgan fingerprint density at radius 2 is 1.52 bits per heavy atom. The molecule has 1 unspecified atom stereocenters. The van der Waals surface area contributed by atoms with Crippen LogP contribution >= 0.6 is 0 Å². The van der Waals surface area contributed by atoms with Crippen LogP contribution in [0.2, 0.25) is 0 Å². The topological polar surface area (TPSA) is 79.2 Å². The number of sulfonamides is 1. The van der Waals surface area contributed by atoms with Gasteiger partial charge in [0.2, 0.25) is 15.8 Å². The predicted octanol–water partition coefficient (Wildman–Crippen LogP) is 3.62. The molecule has 0 N–H and O–H groups in total. The maximum absolute atomic E-state index is 13.9. The number of benzene rings is 2. The van der Waals surface area contributed by atoms with Crippen molar-refractivity contribution in [2.24, 2.45) is 0 Å². The summed E-state index contributed by atoms with van der Waals surface area (Å²) in [4.78, 5) is 0.221. The molecule has 176 valence electrons. The zero-order valence-corrected chi connectivity index (χ0v) is 20.2. The summed E-state index contributed by atoms with van der Waals surface area (Å²) in [6.45, 7) is 2.70. The van der Waals surface area contributed by atoms with Crippen molar-refractivity contribution < 1.29 is 27.4 Å². The Balaban J connectivity index is 1.89. The van der Waals surface area contributed by atoms with Gasteiger partial charge in [0, 0.05) is 25.0 Å². The minimum atomic E-state index is -3.83. The third kappa shape index (κ3) is 3.91. The quantitative estimate of drug-likeness (QED) is 0.523. The largest absolute Gasteiger partial charge is 0.496 e. The first-order valence-corrected chi connectivity index (χ1v) is 11.9. The van der Waals surface area contributed by atoms with Crippen LogP contribution in [-0.2, 0) is 16.6 Å². The van der Waals surface area contributed by atoms with Gasteiger partial charge in [0.15, 0.2) is 11.5 Å². The SMILES string of the molecule is COc1ccc(S(=O)(=O)N2CCn3cccc3C2c2cc(OC)c(OC)c(OC)c2)cc1C. The normalized spacial score (nSPS) is 16.2. The Kier molecular flexibility index (Phi) is 6.27. The van der Waals surface area contributed by atoms with E-state index in [9.17, 15) is 8.42 Å². The highest BCUT2D eigenvalue weighted by atomic mass is 32.2. The third-order valence-corrected chi connectivity index (χ3v) is 7.83. The van der Waals surface area contributed by atoms with Crippen LogP contribution in [-0.4, -0.2) is 52.3 Å². The highest BCUT2D eigenvalue weighted by molar-refractivity contribution is 7.89. The van der Waals surface area contributed by atoms with E-state index in [0.717, 1.165) is 16.8 Å². The highest BCUT2D eigenvalue weighted by Gasteiger charge is 2.38. The molecule has 1 aliphatic heterocycles. The van der Waals surface area contributed by atoms with E-state index in [1.165, 1.54) is 11.4 Å². The van der Waals surface area contributed by atoms with Gasteiger partial charge in [-0.05, 0) is 60.5 Å². The van der Waals surface area contributed by atoms with E-state index in [2.05, 4.69) is 4.57 Å². The molecule has 0 bridgehead atoms. The average molecular weight is 473 g/mol. The molecular formula is C24H28N2O6S. The Morgan fingerprint density at radius 1 is 0.848 bits per heavy atom. The van der Waals surface area contributed by atoms with Gasteiger partial charge < -0.3 is 23.5 Å². The number of nitrogens with zero attached hydrogens (tertiary/aromatic N) is 2. The second-order valence-electron chi connectivity index (χ2n) is 7.73. The molecule has 1 atom stereocenters. The van der Waals surface area contributed by atoms with Crippen molar-refractivity contribution in [2.45, 2.75) is 24.4 Å².